The van der Waals surface area contributed by atoms with Crippen molar-refractivity contribution >= 4 is 28.7 Å². The van der Waals surface area contributed by atoms with E-state index in [1.807, 2.05) is 17.0 Å². The molecule has 0 saturated carbocycles. The standard InChI is InChI=1S/C29H31N3O7/c1-17(30-28(37)26-14-22(33)21-13-23(34)24(35)15-25(21)39-26)29(38)31-11-8-18(9-12-31)20-6-3-2-5-19(20)16-32-10-4-7-27(32)36/h2-3,5-6,13-15,17-18,34-35H,4,7-12,16H2,1H3,(H,30,37). The maximum Gasteiger partial charge on any atom is 0.287 e. The van der Waals surface area contributed by atoms with E-state index in [1.54, 1.807) is 11.8 Å². The van der Waals surface area contributed by atoms with Crippen LogP contribution in [0.4, 0.5) is 0 Å². The number of hydrogen-bond acceptors (Lipinski definition) is 7. The lowest BCUT2D eigenvalue weighted by atomic mass is 9.86. The van der Waals surface area contributed by atoms with Gasteiger partial charge in [0.05, 0.1) is 5.39 Å². The Hall–Kier alpha value is -4.34. The number of phenolic OH excluding ortho intramolecular Hbond substituents is 2. The lowest BCUT2D eigenvalue weighted by Crippen LogP contribution is -2.49. The molecule has 10 heteroatoms. The third-order valence-corrected chi connectivity index (χ3v) is 7.60. The Labute approximate surface area is 224 Å². The van der Waals surface area contributed by atoms with E-state index < -0.39 is 28.9 Å². The normalized spacial score (nSPS) is 17.0. The van der Waals surface area contributed by atoms with Crippen LogP contribution < -0.4 is 10.7 Å². The first-order valence-corrected chi connectivity index (χ1v) is 13.2. The molecule has 0 aliphatic carbocycles. The summed E-state index contributed by atoms with van der Waals surface area (Å²) in [6.45, 7) is 4.06. The van der Waals surface area contributed by atoms with E-state index >= 15 is 0 Å². The quantitative estimate of drug-likeness (QED) is 0.414. The van der Waals surface area contributed by atoms with Gasteiger partial charge in [-0.2, -0.15) is 0 Å². The topological polar surface area (TPSA) is 140 Å². The maximum absolute atomic E-state index is 13.1. The van der Waals surface area contributed by atoms with Crippen LogP contribution in [-0.4, -0.2) is 63.4 Å². The zero-order valence-electron chi connectivity index (χ0n) is 21.7. The molecule has 0 radical (unpaired) electrons. The molecule has 2 fully saturated rings. The first kappa shape index (κ1) is 26.3. The number of piperidine rings is 1. The van der Waals surface area contributed by atoms with Crippen molar-refractivity contribution in [3.63, 3.8) is 0 Å². The van der Waals surface area contributed by atoms with Crippen molar-refractivity contribution in [2.45, 2.75) is 51.1 Å². The summed E-state index contributed by atoms with van der Waals surface area (Å²) in [5.74, 6) is -1.75. The van der Waals surface area contributed by atoms with E-state index in [0.717, 1.165) is 49.6 Å². The van der Waals surface area contributed by atoms with Crippen molar-refractivity contribution in [2.75, 3.05) is 19.6 Å². The van der Waals surface area contributed by atoms with Crippen molar-refractivity contribution in [3.05, 3.63) is 69.6 Å². The number of carbonyl (C=O) groups excluding carboxylic acids is 3. The summed E-state index contributed by atoms with van der Waals surface area (Å²) in [4.78, 5) is 54.0. The molecule has 2 aliphatic heterocycles. The number of hydrogen-bond donors (Lipinski definition) is 3. The minimum Gasteiger partial charge on any atom is -0.504 e. The van der Waals surface area contributed by atoms with Crippen molar-refractivity contribution in [1.29, 1.82) is 0 Å². The summed E-state index contributed by atoms with van der Waals surface area (Å²) in [6, 6.07) is 10.5. The van der Waals surface area contributed by atoms with Crippen LogP contribution in [0.5, 0.6) is 11.5 Å². The SMILES string of the molecule is CC(NC(=O)c1cc(=O)c2cc(O)c(O)cc2o1)C(=O)N1CCC(c2ccccc2CN2CCCC2=O)CC1. The molecular formula is C29H31N3O7. The maximum atomic E-state index is 13.1. The zero-order chi connectivity index (χ0) is 27.7. The number of nitrogens with one attached hydrogen (secondary N) is 1. The summed E-state index contributed by atoms with van der Waals surface area (Å²) in [5, 5.41) is 21.9. The number of benzene rings is 2. The van der Waals surface area contributed by atoms with E-state index in [1.165, 1.54) is 5.56 Å². The van der Waals surface area contributed by atoms with Crippen LogP contribution in [-0.2, 0) is 16.1 Å². The smallest absolute Gasteiger partial charge is 0.287 e. The van der Waals surface area contributed by atoms with E-state index in [-0.39, 0.29) is 34.5 Å². The molecule has 2 aromatic carbocycles. The summed E-state index contributed by atoms with van der Waals surface area (Å²) in [5.41, 5.74) is 1.75. The van der Waals surface area contributed by atoms with Gasteiger partial charge in [-0.1, -0.05) is 24.3 Å². The highest BCUT2D eigenvalue weighted by molar-refractivity contribution is 5.96. The van der Waals surface area contributed by atoms with Gasteiger partial charge in [-0.15, -0.1) is 0 Å². The van der Waals surface area contributed by atoms with E-state index in [0.29, 0.717) is 26.1 Å². The lowest BCUT2D eigenvalue weighted by molar-refractivity contribution is -0.134. The van der Waals surface area contributed by atoms with E-state index in [4.69, 9.17) is 4.42 Å². The van der Waals surface area contributed by atoms with E-state index in [2.05, 4.69) is 17.4 Å². The molecule has 5 rings (SSSR count). The van der Waals surface area contributed by atoms with Gasteiger partial charge in [0.25, 0.3) is 5.91 Å². The van der Waals surface area contributed by atoms with Gasteiger partial charge >= 0.3 is 0 Å². The Morgan fingerprint density at radius 1 is 1.05 bits per heavy atom. The second-order valence-corrected chi connectivity index (χ2v) is 10.2. The predicted molar refractivity (Wildman–Crippen MR) is 142 cm³/mol. The number of amides is 3. The third-order valence-electron chi connectivity index (χ3n) is 7.60. The van der Waals surface area contributed by atoms with Gasteiger partial charge in [-0.05, 0) is 49.3 Å². The fourth-order valence-corrected chi connectivity index (χ4v) is 5.46. The van der Waals surface area contributed by atoms with Crippen molar-refractivity contribution in [1.82, 2.24) is 15.1 Å². The highest BCUT2D eigenvalue weighted by Gasteiger charge is 2.30. The molecule has 3 heterocycles. The van der Waals surface area contributed by atoms with Crippen LogP contribution in [0.2, 0.25) is 0 Å². The summed E-state index contributed by atoms with van der Waals surface area (Å²) in [6.07, 6.45) is 3.05. The number of carbonyl (C=O) groups is 3. The Morgan fingerprint density at radius 2 is 1.77 bits per heavy atom. The summed E-state index contributed by atoms with van der Waals surface area (Å²) < 4.78 is 5.46. The van der Waals surface area contributed by atoms with Gasteiger partial charge < -0.3 is 29.7 Å². The molecular weight excluding hydrogens is 502 g/mol. The minimum absolute atomic E-state index is 0.0162. The Morgan fingerprint density at radius 3 is 2.49 bits per heavy atom. The highest BCUT2D eigenvalue weighted by atomic mass is 16.3. The van der Waals surface area contributed by atoms with Crippen molar-refractivity contribution in [3.8, 4) is 11.5 Å². The number of phenols is 2. The van der Waals surface area contributed by atoms with Crippen LogP contribution in [0.1, 0.15) is 60.2 Å². The van der Waals surface area contributed by atoms with Gasteiger partial charge in [0, 0.05) is 44.7 Å². The third kappa shape index (κ3) is 5.45. The summed E-state index contributed by atoms with van der Waals surface area (Å²) in [7, 11) is 0. The second-order valence-electron chi connectivity index (χ2n) is 10.2. The molecule has 1 aromatic heterocycles. The van der Waals surface area contributed by atoms with Crippen LogP contribution in [0.25, 0.3) is 11.0 Å². The molecule has 1 atom stereocenters. The monoisotopic (exact) mass is 533 g/mol. The number of fused-ring (bicyclic) bond motifs is 1. The number of likely N-dealkylation sites (tertiary alicyclic amines) is 2. The fourth-order valence-electron chi connectivity index (χ4n) is 5.46. The first-order valence-electron chi connectivity index (χ1n) is 13.2. The van der Waals surface area contributed by atoms with Crippen molar-refractivity contribution in [2.24, 2.45) is 0 Å². The first-order chi connectivity index (χ1) is 18.7. The molecule has 0 bridgehead atoms. The van der Waals surface area contributed by atoms with Crippen LogP contribution in [0.15, 0.2) is 51.7 Å². The Kier molecular flexibility index (Phi) is 7.28. The molecule has 2 aliphatic rings. The summed E-state index contributed by atoms with van der Waals surface area (Å²) >= 11 is 0. The van der Waals surface area contributed by atoms with Gasteiger partial charge in [0.15, 0.2) is 22.7 Å². The van der Waals surface area contributed by atoms with Gasteiger partial charge in [0.1, 0.15) is 11.6 Å². The Bertz CT molecular complexity index is 1490. The molecule has 2 saturated heterocycles. The number of nitrogens with zero attached hydrogens (tertiary/aromatic N) is 2. The molecule has 3 N–H and O–H groups in total. The zero-order valence-corrected chi connectivity index (χ0v) is 21.7. The van der Waals surface area contributed by atoms with Crippen LogP contribution in [0.3, 0.4) is 0 Å². The second kappa shape index (κ2) is 10.8. The molecule has 3 amide bonds. The largest absolute Gasteiger partial charge is 0.504 e. The number of aromatic hydroxyl groups is 2. The highest BCUT2D eigenvalue weighted by Crippen LogP contribution is 2.32. The molecule has 204 valence electrons. The van der Waals surface area contributed by atoms with Gasteiger partial charge in [-0.25, -0.2) is 0 Å². The van der Waals surface area contributed by atoms with Crippen LogP contribution >= 0.6 is 0 Å². The Balaban J connectivity index is 1.20. The molecule has 10 nitrogen and oxygen atoms in total. The average molecular weight is 534 g/mol. The fraction of sp³-hybridized carbons (Fsp3) is 0.379. The van der Waals surface area contributed by atoms with Crippen LogP contribution in [0, 0.1) is 0 Å². The van der Waals surface area contributed by atoms with Crippen molar-refractivity contribution < 1.29 is 29.0 Å². The molecule has 0 spiro atoms. The average Bonchev–Trinajstić information content (AvgIpc) is 3.33. The van der Waals surface area contributed by atoms with Gasteiger partial charge in [0.2, 0.25) is 11.8 Å². The van der Waals surface area contributed by atoms with E-state index in [9.17, 15) is 29.4 Å². The molecule has 1 unspecified atom stereocenters. The lowest BCUT2D eigenvalue weighted by Gasteiger charge is -2.35. The predicted octanol–water partition coefficient (Wildman–Crippen LogP) is 2.85. The molecule has 3 aromatic rings. The minimum atomic E-state index is -0.850. The number of rotatable bonds is 6. The molecule has 39 heavy (non-hydrogen) atoms. The van der Waals surface area contributed by atoms with Gasteiger partial charge in [-0.3, -0.25) is 19.2 Å².